The number of nitrogens with zero attached hydrogens (tertiary/aromatic N) is 2. The van der Waals surface area contributed by atoms with E-state index in [-0.39, 0.29) is 23.3 Å². The number of furan rings is 1. The normalized spacial score (nSPS) is 14.8. The first kappa shape index (κ1) is 6.48. The summed E-state index contributed by atoms with van der Waals surface area (Å²) in [6.45, 7) is 0. The van der Waals surface area contributed by atoms with Crippen LogP contribution in [0.4, 0.5) is 0 Å². The topological polar surface area (TPSA) is 38.9 Å². The lowest BCUT2D eigenvalue weighted by Gasteiger charge is -2.01. The monoisotopic (exact) mass is 251 g/mol. The Labute approximate surface area is 116 Å². The molecule has 0 aliphatic carbocycles. The summed E-state index contributed by atoms with van der Waals surface area (Å²) in [5.41, 5.74) is 1.22. The number of hydrogen-bond donors (Lipinski definition) is 0. The molecule has 2 aromatic heterocycles. The zero-order valence-corrected chi connectivity index (χ0v) is 9.69. The molecule has 4 aromatic rings. The van der Waals surface area contributed by atoms with Crippen molar-refractivity contribution in [3.63, 3.8) is 0 Å². The average molecular weight is 251 g/mol. The minimum absolute atomic E-state index is 0.0416. The standard InChI is InChI=1S/C16H10N2O/c1-2-6-11(7-3-1)15-14-12-8-4-5-9-13(12)19-16(14)18-10-17-15/h1-10H/i1D,2D,3D,6D,7D. The van der Waals surface area contributed by atoms with E-state index in [0.29, 0.717) is 16.7 Å². The molecule has 0 amide bonds. The van der Waals surface area contributed by atoms with Crippen molar-refractivity contribution in [1.29, 1.82) is 0 Å². The summed E-state index contributed by atoms with van der Waals surface area (Å²) in [5.74, 6) is 0. The summed E-state index contributed by atoms with van der Waals surface area (Å²) in [4.78, 5) is 8.29. The first-order valence-corrected chi connectivity index (χ1v) is 5.70. The van der Waals surface area contributed by atoms with Crippen molar-refractivity contribution in [2.45, 2.75) is 0 Å². The van der Waals surface area contributed by atoms with Gasteiger partial charge in [-0.05, 0) is 6.07 Å². The fourth-order valence-electron chi connectivity index (χ4n) is 2.11. The Bertz CT molecular complexity index is 1090. The lowest BCUT2D eigenvalue weighted by Crippen LogP contribution is -1.86. The summed E-state index contributed by atoms with van der Waals surface area (Å²) in [5, 5.41) is 1.27. The van der Waals surface area contributed by atoms with Crippen LogP contribution >= 0.6 is 0 Å². The van der Waals surface area contributed by atoms with Crippen LogP contribution < -0.4 is 0 Å². The summed E-state index contributed by atoms with van der Waals surface area (Å²) in [7, 11) is 0. The van der Waals surface area contributed by atoms with E-state index in [1.54, 1.807) is 6.07 Å². The van der Waals surface area contributed by atoms with Crippen LogP contribution in [0.5, 0.6) is 0 Å². The van der Waals surface area contributed by atoms with Crippen molar-refractivity contribution >= 4 is 22.1 Å². The van der Waals surface area contributed by atoms with Gasteiger partial charge in [-0.25, -0.2) is 9.97 Å². The van der Waals surface area contributed by atoms with Crippen molar-refractivity contribution < 1.29 is 11.3 Å². The number of hydrogen-bond acceptors (Lipinski definition) is 3. The molecule has 0 spiro atoms. The van der Waals surface area contributed by atoms with E-state index >= 15 is 0 Å². The van der Waals surface area contributed by atoms with Crippen molar-refractivity contribution in [3.05, 3.63) is 60.8 Å². The Morgan fingerprint density at radius 3 is 2.74 bits per heavy atom. The second-order valence-electron chi connectivity index (χ2n) is 4.00. The third-order valence-corrected chi connectivity index (χ3v) is 2.91. The van der Waals surface area contributed by atoms with E-state index in [9.17, 15) is 0 Å². The molecular weight excluding hydrogens is 236 g/mol. The first-order valence-electron chi connectivity index (χ1n) is 8.20. The van der Waals surface area contributed by atoms with E-state index in [0.717, 1.165) is 5.39 Å². The molecule has 0 bridgehead atoms. The number of aromatic nitrogens is 2. The summed E-state index contributed by atoms with van der Waals surface area (Å²) < 4.78 is 45.4. The predicted octanol–water partition coefficient (Wildman–Crippen LogP) is 4.04. The number of para-hydroxylation sites is 1. The molecule has 0 atom stereocenters. The van der Waals surface area contributed by atoms with Gasteiger partial charge in [-0.2, -0.15) is 0 Å². The largest absolute Gasteiger partial charge is 0.438 e. The maximum Gasteiger partial charge on any atom is 0.230 e. The molecule has 0 saturated carbocycles. The average Bonchev–Trinajstić information content (AvgIpc) is 2.98. The van der Waals surface area contributed by atoms with E-state index in [2.05, 4.69) is 9.97 Å². The molecule has 2 heterocycles. The lowest BCUT2D eigenvalue weighted by molar-refractivity contribution is 0.653. The van der Waals surface area contributed by atoms with Gasteiger partial charge < -0.3 is 4.42 Å². The van der Waals surface area contributed by atoms with E-state index in [4.69, 9.17) is 11.3 Å². The first-order chi connectivity index (χ1) is 11.5. The van der Waals surface area contributed by atoms with Gasteiger partial charge in [-0.1, -0.05) is 48.4 Å². The van der Waals surface area contributed by atoms with Crippen molar-refractivity contribution in [3.8, 4) is 11.3 Å². The van der Waals surface area contributed by atoms with Gasteiger partial charge >= 0.3 is 0 Å². The van der Waals surface area contributed by atoms with Gasteiger partial charge in [0.15, 0.2) is 0 Å². The van der Waals surface area contributed by atoms with Gasteiger partial charge in [0, 0.05) is 10.9 Å². The smallest absolute Gasteiger partial charge is 0.230 e. The van der Waals surface area contributed by atoms with Crippen LogP contribution in [0.2, 0.25) is 0 Å². The molecular formula is C16H10N2O. The molecule has 90 valence electrons. The fraction of sp³-hybridized carbons (Fsp3) is 0. The Balaban J connectivity index is 2.20. The Kier molecular flexibility index (Phi) is 1.34. The van der Waals surface area contributed by atoms with Gasteiger partial charge in [-0.3, -0.25) is 0 Å². The molecule has 4 rings (SSSR count). The molecule has 0 radical (unpaired) electrons. The third-order valence-electron chi connectivity index (χ3n) is 2.91. The number of benzene rings is 2. The molecule has 3 nitrogen and oxygen atoms in total. The maximum atomic E-state index is 8.15. The highest BCUT2D eigenvalue weighted by Gasteiger charge is 2.13. The molecule has 0 aliphatic rings. The molecule has 0 aliphatic heterocycles. The molecule has 3 heteroatoms. The van der Waals surface area contributed by atoms with Crippen molar-refractivity contribution in [2.24, 2.45) is 0 Å². The zero-order chi connectivity index (χ0) is 17.0. The van der Waals surface area contributed by atoms with Gasteiger partial charge in [0.05, 0.1) is 17.9 Å². The van der Waals surface area contributed by atoms with Crippen LogP contribution in [0.25, 0.3) is 33.3 Å². The molecule has 2 aromatic carbocycles. The molecule has 0 unspecified atom stereocenters. The van der Waals surface area contributed by atoms with Crippen LogP contribution in [-0.4, -0.2) is 9.97 Å². The Hall–Kier alpha value is -2.68. The SMILES string of the molecule is [2H]c1c([2H])c([2H])c(-c2ncnc3oc4ccccc4c23)c([2H])c1[2H]. The van der Waals surface area contributed by atoms with E-state index < -0.39 is 18.1 Å². The van der Waals surface area contributed by atoms with Crippen molar-refractivity contribution in [1.82, 2.24) is 9.97 Å². The van der Waals surface area contributed by atoms with Crippen LogP contribution in [0.1, 0.15) is 6.85 Å². The minimum Gasteiger partial charge on any atom is -0.438 e. The van der Waals surface area contributed by atoms with Gasteiger partial charge in [-0.15, -0.1) is 0 Å². The lowest BCUT2D eigenvalue weighted by atomic mass is 10.1. The zero-order valence-electron chi connectivity index (χ0n) is 14.7. The number of fused-ring (bicyclic) bond motifs is 3. The highest BCUT2D eigenvalue weighted by Crippen LogP contribution is 2.33. The van der Waals surface area contributed by atoms with Crippen LogP contribution in [0.15, 0.2) is 65.2 Å². The second kappa shape index (κ2) is 3.92. The minimum atomic E-state index is -0.434. The van der Waals surface area contributed by atoms with Gasteiger partial charge in [0.1, 0.15) is 11.9 Å². The molecule has 19 heavy (non-hydrogen) atoms. The Morgan fingerprint density at radius 2 is 1.84 bits per heavy atom. The van der Waals surface area contributed by atoms with Crippen LogP contribution in [0.3, 0.4) is 0 Å². The van der Waals surface area contributed by atoms with Crippen LogP contribution in [0, 0.1) is 0 Å². The van der Waals surface area contributed by atoms with Gasteiger partial charge in [0.25, 0.3) is 0 Å². The maximum absolute atomic E-state index is 8.15. The molecule has 0 fully saturated rings. The highest BCUT2D eigenvalue weighted by molar-refractivity contribution is 6.09. The molecule has 0 saturated heterocycles. The second-order valence-corrected chi connectivity index (χ2v) is 4.00. The van der Waals surface area contributed by atoms with Crippen LogP contribution in [-0.2, 0) is 0 Å². The van der Waals surface area contributed by atoms with E-state index in [1.165, 1.54) is 6.33 Å². The summed E-state index contributed by atoms with van der Waals surface area (Å²) in [6.07, 6.45) is 1.26. The summed E-state index contributed by atoms with van der Waals surface area (Å²) in [6, 6.07) is 5.43. The van der Waals surface area contributed by atoms with Gasteiger partial charge in [0.2, 0.25) is 5.71 Å². The highest BCUT2D eigenvalue weighted by atomic mass is 16.3. The third kappa shape index (κ3) is 1.52. The summed E-state index contributed by atoms with van der Waals surface area (Å²) >= 11 is 0. The quantitative estimate of drug-likeness (QED) is 0.512. The number of rotatable bonds is 1. The Morgan fingerprint density at radius 1 is 1.00 bits per heavy atom. The van der Waals surface area contributed by atoms with E-state index in [1.807, 2.05) is 18.2 Å². The van der Waals surface area contributed by atoms with Crippen molar-refractivity contribution in [2.75, 3.05) is 0 Å². The molecule has 0 N–H and O–H groups in total. The fourth-order valence-corrected chi connectivity index (χ4v) is 2.11. The predicted molar refractivity (Wildman–Crippen MR) is 74.7 cm³/mol.